The molecule has 2 N–H and O–H groups in total. The number of hydrogen-bond donors (Lipinski definition) is 2. The number of carbonyl (C=O) groups excluding carboxylic acids is 1. The van der Waals surface area contributed by atoms with E-state index >= 15 is 0 Å². The Kier molecular flexibility index (Phi) is 4.97. The molecular weight excluding hydrogens is 354 g/mol. The van der Waals surface area contributed by atoms with Gasteiger partial charge in [-0.1, -0.05) is 24.8 Å². The van der Waals surface area contributed by atoms with Crippen molar-refractivity contribution >= 4 is 23.4 Å². The van der Waals surface area contributed by atoms with Gasteiger partial charge in [-0.2, -0.15) is 0 Å². The number of aromatic nitrogens is 3. The van der Waals surface area contributed by atoms with E-state index in [0.717, 1.165) is 5.75 Å². The van der Waals surface area contributed by atoms with Gasteiger partial charge in [0.25, 0.3) is 0 Å². The summed E-state index contributed by atoms with van der Waals surface area (Å²) in [5, 5.41) is 5.70. The van der Waals surface area contributed by atoms with E-state index < -0.39 is 0 Å². The monoisotopic (exact) mass is 373 g/mol. The number of rotatable bonds is 7. The Bertz CT molecular complexity index is 1020. The highest BCUT2D eigenvalue weighted by molar-refractivity contribution is 5.98. The van der Waals surface area contributed by atoms with Gasteiger partial charge in [-0.3, -0.25) is 4.79 Å². The van der Waals surface area contributed by atoms with Gasteiger partial charge in [-0.15, -0.1) is 0 Å². The fraction of sp³-hybridized carbons (Fsp3) is 0.143. The largest absolute Gasteiger partial charge is 0.439 e. The summed E-state index contributed by atoms with van der Waals surface area (Å²) in [5.74, 6) is 2.99. The molecule has 1 saturated carbocycles. The third-order valence-corrected chi connectivity index (χ3v) is 4.21. The predicted molar refractivity (Wildman–Crippen MR) is 107 cm³/mol. The zero-order valence-electron chi connectivity index (χ0n) is 15.1. The molecule has 0 bridgehead atoms. The second kappa shape index (κ2) is 7.87. The molecule has 1 amide bonds. The van der Waals surface area contributed by atoms with Gasteiger partial charge in [0.15, 0.2) is 0 Å². The number of amides is 1. The van der Waals surface area contributed by atoms with Crippen LogP contribution in [0.3, 0.4) is 0 Å². The molecule has 2 heterocycles. The van der Waals surface area contributed by atoms with E-state index in [1.54, 1.807) is 24.3 Å². The molecule has 3 aromatic rings. The van der Waals surface area contributed by atoms with Crippen LogP contribution in [-0.2, 0) is 4.79 Å². The van der Waals surface area contributed by atoms with Gasteiger partial charge >= 0.3 is 0 Å². The summed E-state index contributed by atoms with van der Waals surface area (Å²) in [5.41, 5.74) is 1.30. The van der Waals surface area contributed by atoms with E-state index in [2.05, 4.69) is 44.3 Å². The fourth-order valence-electron chi connectivity index (χ4n) is 2.72. The number of ether oxygens (including phenoxy) is 1. The van der Waals surface area contributed by atoms with Crippen molar-refractivity contribution in [1.29, 1.82) is 0 Å². The number of hydrogen-bond acceptors (Lipinski definition) is 6. The zero-order chi connectivity index (χ0) is 19.3. The second-order valence-electron chi connectivity index (χ2n) is 6.42. The molecule has 2 aromatic heterocycles. The van der Waals surface area contributed by atoms with Crippen LogP contribution in [0.1, 0.15) is 24.3 Å². The van der Waals surface area contributed by atoms with E-state index in [1.165, 1.54) is 30.8 Å². The highest BCUT2D eigenvalue weighted by Gasteiger charge is 2.23. The highest BCUT2D eigenvalue weighted by atomic mass is 16.5. The van der Waals surface area contributed by atoms with Crippen LogP contribution < -0.4 is 15.4 Å². The summed E-state index contributed by atoms with van der Waals surface area (Å²) in [4.78, 5) is 24.1. The summed E-state index contributed by atoms with van der Waals surface area (Å²) in [6.07, 6.45) is 5.09. The van der Waals surface area contributed by atoms with Gasteiger partial charge in [0, 0.05) is 6.07 Å². The molecule has 7 heteroatoms. The maximum absolute atomic E-state index is 11.4. The van der Waals surface area contributed by atoms with E-state index in [9.17, 15) is 4.79 Å². The zero-order valence-corrected chi connectivity index (χ0v) is 15.1. The van der Waals surface area contributed by atoms with Crippen molar-refractivity contribution < 1.29 is 9.53 Å². The molecule has 0 radical (unpaired) electrons. The molecule has 0 aliphatic heterocycles. The average Bonchev–Trinajstić information content (AvgIpc) is 3.54. The smallest absolute Gasteiger partial charge is 0.248 e. The van der Waals surface area contributed by atoms with Crippen LogP contribution in [0.4, 0.5) is 17.5 Å². The van der Waals surface area contributed by atoms with E-state index in [1.807, 2.05) is 12.1 Å². The first-order chi connectivity index (χ1) is 13.7. The quantitative estimate of drug-likeness (QED) is 0.596. The Morgan fingerprint density at radius 2 is 1.89 bits per heavy atom. The first-order valence-corrected chi connectivity index (χ1v) is 8.97. The Morgan fingerprint density at radius 1 is 1.07 bits per heavy atom. The summed E-state index contributed by atoms with van der Waals surface area (Å²) < 4.78 is 5.89. The standard InChI is InChI=1S/C21H19N5O2/c1-2-20(27)26-18-8-4-7-17(24-18)25-19-12-21(23-13-22-19)28-16-6-3-5-15(11-16)14-9-10-14/h2-8,11-14H,1,9-10H2,(H2,22,23,24,25,26,27). The van der Waals surface area contributed by atoms with Crippen LogP contribution in [0.5, 0.6) is 11.6 Å². The summed E-state index contributed by atoms with van der Waals surface area (Å²) in [7, 11) is 0. The van der Waals surface area contributed by atoms with Crippen LogP contribution in [-0.4, -0.2) is 20.9 Å². The van der Waals surface area contributed by atoms with Gasteiger partial charge in [-0.25, -0.2) is 15.0 Å². The van der Waals surface area contributed by atoms with Crippen molar-refractivity contribution in [1.82, 2.24) is 15.0 Å². The molecule has 0 saturated heterocycles. The number of anilines is 3. The predicted octanol–water partition coefficient (Wildman–Crippen LogP) is 4.41. The molecule has 140 valence electrons. The van der Waals surface area contributed by atoms with Gasteiger partial charge in [-0.05, 0) is 54.7 Å². The fourth-order valence-corrected chi connectivity index (χ4v) is 2.72. The number of nitrogens with zero attached hydrogens (tertiary/aromatic N) is 3. The molecule has 1 aliphatic rings. The number of pyridine rings is 1. The molecule has 28 heavy (non-hydrogen) atoms. The minimum atomic E-state index is -0.323. The first kappa shape index (κ1) is 17.7. The summed E-state index contributed by atoms with van der Waals surface area (Å²) in [6.45, 7) is 3.42. The lowest BCUT2D eigenvalue weighted by Crippen LogP contribution is -2.09. The second-order valence-corrected chi connectivity index (χ2v) is 6.42. The Morgan fingerprint density at radius 3 is 2.71 bits per heavy atom. The Labute approximate surface area is 162 Å². The molecule has 0 spiro atoms. The molecular formula is C21H19N5O2. The lowest BCUT2D eigenvalue weighted by Gasteiger charge is -2.09. The summed E-state index contributed by atoms with van der Waals surface area (Å²) >= 11 is 0. The highest BCUT2D eigenvalue weighted by Crippen LogP contribution is 2.41. The van der Waals surface area contributed by atoms with Gasteiger partial charge in [0.05, 0.1) is 0 Å². The van der Waals surface area contributed by atoms with Crippen molar-refractivity contribution in [2.45, 2.75) is 18.8 Å². The van der Waals surface area contributed by atoms with Crippen molar-refractivity contribution in [3.05, 3.63) is 73.1 Å². The minimum Gasteiger partial charge on any atom is -0.439 e. The first-order valence-electron chi connectivity index (χ1n) is 8.97. The molecule has 0 unspecified atom stereocenters. The van der Waals surface area contributed by atoms with Crippen LogP contribution in [0.25, 0.3) is 0 Å². The molecule has 1 aliphatic carbocycles. The van der Waals surface area contributed by atoms with Crippen LogP contribution in [0.2, 0.25) is 0 Å². The SMILES string of the molecule is C=CC(=O)Nc1cccc(Nc2cc(Oc3cccc(C4CC4)c3)ncn2)n1. The lowest BCUT2D eigenvalue weighted by atomic mass is 10.1. The average molecular weight is 373 g/mol. The summed E-state index contributed by atoms with van der Waals surface area (Å²) in [6, 6.07) is 15.0. The van der Waals surface area contributed by atoms with Gasteiger partial charge in [0.1, 0.15) is 29.5 Å². The van der Waals surface area contributed by atoms with Gasteiger partial charge in [0.2, 0.25) is 11.8 Å². The maximum Gasteiger partial charge on any atom is 0.248 e. The van der Waals surface area contributed by atoms with Crippen molar-refractivity contribution in [2.24, 2.45) is 0 Å². The minimum absolute atomic E-state index is 0.323. The third kappa shape index (κ3) is 4.50. The molecule has 1 fully saturated rings. The molecule has 1 aromatic carbocycles. The Hall–Kier alpha value is -3.74. The van der Waals surface area contributed by atoms with Gasteiger partial charge < -0.3 is 15.4 Å². The van der Waals surface area contributed by atoms with E-state index in [-0.39, 0.29) is 5.91 Å². The van der Waals surface area contributed by atoms with Crippen molar-refractivity contribution in [2.75, 3.05) is 10.6 Å². The molecule has 7 nitrogen and oxygen atoms in total. The van der Waals surface area contributed by atoms with Crippen molar-refractivity contribution in [3.8, 4) is 11.6 Å². The third-order valence-electron chi connectivity index (χ3n) is 4.21. The van der Waals surface area contributed by atoms with Crippen LogP contribution >= 0.6 is 0 Å². The Balaban J connectivity index is 1.46. The van der Waals surface area contributed by atoms with E-state index in [0.29, 0.717) is 29.3 Å². The molecule has 0 atom stereocenters. The van der Waals surface area contributed by atoms with Crippen LogP contribution in [0.15, 0.2) is 67.5 Å². The van der Waals surface area contributed by atoms with Crippen molar-refractivity contribution in [3.63, 3.8) is 0 Å². The number of benzene rings is 1. The molecule has 4 rings (SSSR count). The number of nitrogens with one attached hydrogen (secondary N) is 2. The normalized spacial score (nSPS) is 12.9. The lowest BCUT2D eigenvalue weighted by molar-refractivity contribution is -0.111. The van der Waals surface area contributed by atoms with E-state index in [4.69, 9.17) is 4.74 Å². The topological polar surface area (TPSA) is 89.0 Å². The van der Waals surface area contributed by atoms with Crippen LogP contribution in [0, 0.1) is 0 Å². The maximum atomic E-state index is 11.4. The number of carbonyl (C=O) groups is 1.